The van der Waals surface area contributed by atoms with Gasteiger partial charge in [-0.1, -0.05) is 13.3 Å². The number of rotatable bonds is 9. The lowest BCUT2D eigenvalue weighted by atomic mass is 10.0. The van der Waals surface area contributed by atoms with Crippen LogP contribution < -0.4 is 0 Å². The van der Waals surface area contributed by atoms with Gasteiger partial charge in [-0.25, -0.2) is 0 Å². The maximum absolute atomic E-state index is 11.5. The Morgan fingerprint density at radius 3 is 2.75 bits per heavy atom. The smallest absolute Gasteiger partial charge is 0.332 e. The second kappa shape index (κ2) is 8.90. The molecule has 1 aliphatic rings. The largest absolute Gasteiger partial charge is 0.353 e. The van der Waals surface area contributed by atoms with Gasteiger partial charge in [-0.2, -0.15) is 0 Å². The van der Waals surface area contributed by atoms with E-state index < -0.39 is 13.8 Å². The highest BCUT2D eigenvalue weighted by Crippen LogP contribution is 2.35. The first-order valence-corrected chi connectivity index (χ1v) is 8.99. The summed E-state index contributed by atoms with van der Waals surface area (Å²) in [5.74, 6) is -0.677. The standard InChI is InChI=1S/C13H25O6P/c1-11(12(14)10-20(15,16)17)6-2-4-8-18-13-7-3-5-9-19-13/h11,13H,2-10H2,1H3,(H2,15,16,17). The molecule has 0 bridgehead atoms. The molecule has 0 aromatic heterocycles. The lowest BCUT2D eigenvalue weighted by Crippen LogP contribution is -2.22. The van der Waals surface area contributed by atoms with E-state index in [0.717, 1.165) is 38.7 Å². The van der Waals surface area contributed by atoms with Crippen LogP contribution in [0.15, 0.2) is 0 Å². The highest BCUT2D eigenvalue weighted by molar-refractivity contribution is 7.52. The van der Waals surface area contributed by atoms with Crippen molar-refractivity contribution in [1.82, 2.24) is 0 Å². The Labute approximate surface area is 120 Å². The van der Waals surface area contributed by atoms with E-state index in [0.29, 0.717) is 13.0 Å². The van der Waals surface area contributed by atoms with Gasteiger partial charge >= 0.3 is 7.60 Å². The minimum absolute atomic E-state index is 0.0857. The van der Waals surface area contributed by atoms with Crippen LogP contribution in [0, 0.1) is 5.92 Å². The fraction of sp³-hybridized carbons (Fsp3) is 0.923. The maximum atomic E-state index is 11.5. The van der Waals surface area contributed by atoms with Crippen molar-refractivity contribution in [3.63, 3.8) is 0 Å². The number of unbranched alkanes of at least 4 members (excludes halogenated alkanes) is 1. The number of hydrogen-bond acceptors (Lipinski definition) is 4. The molecule has 118 valence electrons. The summed E-state index contributed by atoms with van der Waals surface area (Å²) in [4.78, 5) is 29.0. The van der Waals surface area contributed by atoms with Gasteiger partial charge in [0.25, 0.3) is 0 Å². The molecule has 1 saturated heterocycles. The predicted molar refractivity (Wildman–Crippen MR) is 74.5 cm³/mol. The molecular formula is C13H25O6P. The van der Waals surface area contributed by atoms with Gasteiger partial charge in [-0.3, -0.25) is 9.36 Å². The van der Waals surface area contributed by atoms with Crippen molar-refractivity contribution in [2.45, 2.75) is 51.7 Å². The van der Waals surface area contributed by atoms with Crippen LogP contribution in [0.1, 0.15) is 45.4 Å². The minimum atomic E-state index is -4.23. The molecule has 6 nitrogen and oxygen atoms in total. The van der Waals surface area contributed by atoms with E-state index in [2.05, 4.69) is 0 Å². The van der Waals surface area contributed by atoms with Crippen molar-refractivity contribution in [2.75, 3.05) is 19.4 Å². The quantitative estimate of drug-likeness (QED) is 0.500. The van der Waals surface area contributed by atoms with E-state index in [1.807, 2.05) is 0 Å². The van der Waals surface area contributed by atoms with E-state index in [1.165, 1.54) is 0 Å². The average molecular weight is 308 g/mol. The summed E-state index contributed by atoms with van der Waals surface area (Å²) in [6.07, 6.45) is 4.70. The van der Waals surface area contributed by atoms with Gasteiger partial charge < -0.3 is 19.3 Å². The first kappa shape index (κ1) is 17.8. The molecule has 2 N–H and O–H groups in total. The molecule has 0 aliphatic carbocycles. The van der Waals surface area contributed by atoms with Crippen molar-refractivity contribution in [1.29, 1.82) is 0 Å². The number of ketones is 1. The average Bonchev–Trinajstić information content (AvgIpc) is 2.37. The Kier molecular flexibility index (Phi) is 7.92. The third-order valence-electron chi connectivity index (χ3n) is 3.38. The monoisotopic (exact) mass is 308 g/mol. The number of Topliss-reactive ketones (excluding diaryl/α,β-unsaturated/α-hetero) is 1. The normalized spacial score (nSPS) is 21.6. The Balaban J connectivity index is 2.05. The summed E-state index contributed by atoms with van der Waals surface area (Å²) >= 11 is 0. The summed E-state index contributed by atoms with van der Waals surface area (Å²) in [7, 11) is -4.23. The van der Waals surface area contributed by atoms with Crippen LogP contribution in [-0.4, -0.2) is 41.2 Å². The lowest BCUT2D eigenvalue weighted by Gasteiger charge is -2.22. The Hall–Kier alpha value is -0.260. The van der Waals surface area contributed by atoms with Crippen molar-refractivity contribution >= 4 is 13.4 Å². The third-order valence-corrected chi connectivity index (χ3v) is 4.11. The maximum Gasteiger partial charge on any atom is 0.332 e. The SMILES string of the molecule is CC(CCCCOC1CCCCO1)C(=O)CP(=O)(O)O. The molecule has 20 heavy (non-hydrogen) atoms. The Bertz CT molecular complexity index is 334. The van der Waals surface area contributed by atoms with Crippen LogP contribution in [0.2, 0.25) is 0 Å². The van der Waals surface area contributed by atoms with Crippen LogP contribution in [0.5, 0.6) is 0 Å². The molecule has 7 heteroatoms. The minimum Gasteiger partial charge on any atom is -0.353 e. The molecule has 0 saturated carbocycles. The molecule has 1 heterocycles. The molecule has 1 fully saturated rings. The molecule has 0 aromatic carbocycles. The number of carbonyl (C=O) groups excluding carboxylic acids is 1. The molecule has 1 aliphatic heterocycles. The van der Waals surface area contributed by atoms with Crippen LogP contribution in [0.3, 0.4) is 0 Å². The van der Waals surface area contributed by atoms with Gasteiger partial charge in [0.1, 0.15) is 11.9 Å². The zero-order valence-corrected chi connectivity index (χ0v) is 12.9. The topological polar surface area (TPSA) is 93.1 Å². The second-order valence-corrected chi connectivity index (χ2v) is 7.00. The van der Waals surface area contributed by atoms with E-state index in [-0.39, 0.29) is 18.0 Å². The molecule has 2 unspecified atom stereocenters. The molecule has 2 atom stereocenters. The number of carbonyl (C=O) groups is 1. The fourth-order valence-corrected chi connectivity index (χ4v) is 2.85. The highest BCUT2D eigenvalue weighted by atomic mass is 31.2. The van der Waals surface area contributed by atoms with Crippen LogP contribution in [0.4, 0.5) is 0 Å². The molecule has 0 spiro atoms. The van der Waals surface area contributed by atoms with Crippen LogP contribution in [-0.2, 0) is 18.8 Å². The zero-order valence-electron chi connectivity index (χ0n) is 12.0. The van der Waals surface area contributed by atoms with Crippen LogP contribution in [0.25, 0.3) is 0 Å². The molecule has 1 rings (SSSR count). The summed E-state index contributed by atoms with van der Waals surface area (Å²) in [5, 5.41) is 0. The van der Waals surface area contributed by atoms with E-state index >= 15 is 0 Å². The van der Waals surface area contributed by atoms with Crippen molar-refractivity contribution in [3.05, 3.63) is 0 Å². The van der Waals surface area contributed by atoms with E-state index in [4.69, 9.17) is 19.3 Å². The lowest BCUT2D eigenvalue weighted by molar-refractivity contribution is -0.162. The van der Waals surface area contributed by atoms with Crippen molar-refractivity contribution in [3.8, 4) is 0 Å². The number of hydrogen-bond donors (Lipinski definition) is 2. The molecular weight excluding hydrogens is 283 g/mol. The van der Waals surface area contributed by atoms with E-state index in [1.54, 1.807) is 6.92 Å². The second-order valence-electron chi connectivity index (χ2n) is 5.35. The van der Waals surface area contributed by atoms with Gasteiger partial charge in [0.05, 0.1) is 0 Å². The molecule has 0 aromatic rings. The number of ether oxygens (including phenoxy) is 2. The summed E-state index contributed by atoms with van der Waals surface area (Å²) in [6.45, 7) is 3.08. The molecule has 0 radical (unpaired) electrons. The fourth-order valence-electron chi connectivity index (χ4n) is 2.13. The predicted octanol–water partition coefficient (Wildman–Crippen LogP) is 2.08. The van der Waals surface area contributed by atoms with Gasteiger partial charge in [0.2, 0.25) is 0 Å². The van der Waals surface area contributed by atoms with Gasteiger partial charge in [-0.05, 0) is 32.1 Å². The van der Waals surface area contributed by atoms with Crippen LogP contribution >= 0.6 is 7.60 Å². The Morgan fingerprint density at radius 2 is 2.15 bits per heavy atom. The van der Waals surface area contributed by atoms with Gasteiger partial charge in [0.15, 0.2) is 6.29 Å². The van der Waals surface area contributed by atoms with Crippen molar-refractivity contribution < 1.29 is 28.6 Å². The first-order valence-electron chi connectivity index (χ1n) is 7.19. The Morgan fingerprint density at radius 1 is 1.40 bits per heavy atom. The van der Waals surface area contributed by atoms with Gasteiger partial charge in [-0.15, -0.1) is 0 Å². The van der Waals surface area contributed by atoms with Crippen molar-refractivity contribution in [2.24, 2.45) is 5.92 Å². The summed E-state index contributed by atoms with van der Waals surface area (Å²) in [6, 6.07) is 0. The zero-order chi connectivity index (χ0) is 15.0. The summed E-state index contributed by atoms with van der Waals surface area (Å²) in [5.41, 5.74) is 0. The van der Waals surface area contributed by atoms with E-state index in [9.17, 15) is 9.36 Å². The van der Waals surface area contributed by atoms with Gasteiger partial charge in [0, 0.05) is 19.1 Å². The highest BCUT2D eigenvalue weighted by Gasteiger charge is 2.23. The summed E-state index contributed by atoms with van der Waals surface area (Å²) < 4.78 is 21.7. The molecule has 0 amide bonds. The first-order chi connectivity index (χ1) is 9.38. The third kappa shape index (κ3) is 8.12.